The third kappa shape index (κ3) is 4.36. The Bertz CT molecular complexity index is 1070. The molecule has 0 unspecified atom stereocenters. The fourth-order valence-electron chi connectivity index (χ4n) is 4.12. The largest absolute Gasteiger partial charge is 0.486 e. The molecule has 3 aromatic rings. The Morgan fingerprint density at radius 2 is 1.88 bits per heavy atom. The first kappa shape index (κ1) is 20.6. The summed E-state index contributed by atoms with van der Waals surface area (Å²) in [5, 5.41) is 4.23. The van der Waals surface area contributed by atoms with Crippen LogP contribution in [0.5, 0.6) is 11.6 Å². The average molecular weight is 453 g/mol. The summed E-state index contributed by atoms with van der Waals surface area (Å²) in [6, 6.07) is 12.1. The van der Waals surface area contributed by atoms with E-state index < -0.39 is 0 Å². The highest BCUT2D eigenvalue weighted by atomic mass is 35.5. The third-order valence-electron chi connectivity index (χ3n) is 5.82. The monoisotopic (exact) mass is 452 g/mol. The molecule has 2 aliphatic rings. The second-order valence-electron chi connectivity index (χ2n) is 7.82. The first-order valence-electron chi connectivity index (χ1n) is 10.7. The van der Waals surface area contributed by atoms with Crippen LogP contribution >= 0.6 is 11.6 Å². The molecule has 2 aromatic heterocycles. The lowest BCUT2D eigenvalue weighted by molar-refractivity contribution is 0.310. The van der Waals surface area contributed by atoms with E-state index >= 15 is 0 Å². The molecule has 0 atom stereocenters. The van der Waals surface area contributed by atoms with E-state index in [0.29, 0.717) is 35.2 Å². The molecule has 1 fully saturated rings. The number of hydrogen-bond donors (Lipinski definition) is 1. The highest BCUT2D eigenvalue weighted by Gasteiger charge is 2.24. The topological polar surface area (TPSA) is 75.6 Å². The number of anilines is 4. The quantitative estimate of drug-likeness (QED) is 0.619. The van der Waals surface area contributed by atoms with Gasteiger partial charge < -0.3 is 24.6 Å². The molecule has 32 heavy (non-hydrogen) atoms. The number of piperidine rings is 1. The van der Waals surface area contributed by atoms with Crippen LogP contribution in [-0.2, 0) is 0 Å². The predicted octanol–water partition coefficient (Wildman–Crippen LogP) is 4.15. The summed E-state index contributed by atoms with van der Waals surface area (Å²) in [5.74, 6) is 2.73. The van der Waals surface area contributed by atoms with Crippen LogP contribution in [-0.4, -0.2) is 54.3 Å². The smallest absolute Gasteiger partial charge is 0.225 e. The van der Waals surface area contributed by atoms with Crippen molar-refractivity contribution < 1.29 is 9.47 Å². The standard InChI is InChI=1S/C23H25ClN6O2/c1-31-21-14-19(6-9-25-21)29-10-7-17(8-11-29)27-23-26-15-20-22(28-23)30(12-13-32-20)18-4-2-16(24)3-5-18/h2-6,9,14-15,17H,7-8,10-13H2,1H3,(H,26,27,28). The molecule has 5 rings (SSSR count). The highest BCUT2D eigenvalue weighted by Crippen LogP contribution is 2.35. The average Bonchev–Trinajstić information content (AvgIpc) is 2.85. The molecule has 4 heterocycles. The fraction of sp³-hybridized carbons (Fsp3) is 0.348. The van der Waals surface area contributed by atoms with Crippen LogP contribution in [0.1, 0.15) is 12.8 Å². The highest BCUT2D eigenvalue weighted by molar-refractivity contribution is 6.30. The van der Waals surface area contributed by atoms with E-state index in [-0.39, 0.29) is 0 Å². The number of ether oxygens (including phenoxy) is 2. The van der Waals surface area contributed by atoms with Crippen LogP contribution in [0.15, 0.2) is 48.8 Å². The molecule has 0 bridgehead atoms. The van der Waals surface area contributed by atoms with E-state index in [0.717, 1.165) is 49.7 Å². The van der Waals surface area contributed by atoms with E-state index in [9.17, 15) is 0 Å². The Morgan fingerprint density at radius 1 is 1.06 bits per heavy atom. The molecule has 9 heteroatoms. The summed E-state index contributed by atoms with van der Waals surface area (Å²) >= 11 is 6.06. The van der Waals surface area contributed by atoms with E-state index in [1.54, 1.807) is 19.5 Å². The van der Waals surface area contributed by atoms with Crippen molar-refractivity contribution in [2.45, 2.75) is 18.9 Å². The zero-order valence-corrected chi connectivity index (χ0v) is 18.6. The number of rotatable bonds is 5. The molecule has 0 radical (unpaired) electrons. The Balaban J connectivity index is 1.27. The minimum Gasteiger partial charge on any atom is -0.486 e. The molecular weight excluding hydrogens is 428 g/mol. The number of benzene rings is 1. The molecule has 0 aliphatic carbocycles. The van der Waals surface area contributed by atoms with Crippen LogP contribution in [0.25, 0.3) is 0 Å². The Hall–Kier alpha value is -3.26. The van der Waals surface area contributed by atoms with Crippen molar-refractivity contribution in [1.82, 2.24) is 15.0 Å². The minimum absolute atomic E-state index is 0.307. The normalized spacial score (nSPS) is 16.3. The van der Waals surface area contributed by atoms with Gasteiger partial charge in [0, 0.05) is 47.8 Å². The zero-order valence-electron chi connectivity index (χ0n) is 17.9. The summed E-state index contributed by atoms with van der Waals surface area (Å²) in [6.07, 6.45) is 5.52. The van der Waals surface area contributed by atoms with Gasteiger partial charge in [0.05, 0.1) is 19.9 Å². The van der Waals surface area contributed by atoms with Crippen molar-refractivity contribution in [1.29, 1.82) is 0 Å². The van der Waals surface area contributed by atoms with Gasteiger partial charge in [-0.1, -0.05) is 11.6 Å². The van der Waals surface area contributed by atoms with Crippen LogP contribution in [0.3, 0.4) is 0 Å². The van der Waals surface area contributed by atoms with Crippen LogP contribution < -0.4 is 24.6 Å². The number of methoxy groups -OCH3 is 1. The van der Waals surface area contributed by atoms with E-state index in [2.05, 4.69) is 25.1 Å². The number of hydrogen-bond acceptors (Lipinski definition) is 8. The van der Waals surface area contributed by atoms with Gasteiger partial charge in [0.15, 0.2) is 11.6 Å². The van der Waals surface area contributed by atoms with Gasteiger partial charge in [0.25, 0.3) is 0 Å². The Labute approximate surface area is 192 Å². The molecule has 166 valence electrons. The summed E-state index contributed by atoms with van der Waals surface area (Å²) < 4.78 is 11.0. The second kappa shape index (κ2) is 9.08. The van der Waals surface area contributed by atoms with Gasteiger partial charge in [0.2, 0.25) is 11.8 Å². The van der Waals surface area contributed by atoms with Gasteiger partial charge in [-0.15, -0.1) is 0 Å². The zero-order chi connectivity index (χ0) is 21.9. The van der Waals surface area contributed by atoms with Crippen molar-refractivity contribution in [2.24, 2.45) is 0 Å². The number of fused-ring (bicyclic) bond motifs is 1. The number of halogens is 1. The van der Waals surface area contributed by atoms with Gasteiger partial charge in [-0.2, -0.15) is 4.98 Å². The van der Waals surface area contributed by atoms with Gasteiger partial charge in [0.1, 0.15) is 6.61 Å². The van der Waals surface area contributed by atoms with Crippen molar-refractivity contribution in [3.63, 3.8) is 0 Å². The SMILES string of the molecule is COc1cc(N2CCC(Nc3ncc4c(n3)N(c3ccc(Cl)cc3)CCO4)CC2)ccn1. The number of nitrogens with one attached hydrogen (secondary N) is 1. The first-order valence-corrected chi connectivity index (χ1v) is 11.1. The maximum absolute atomic E-state index is 6.06. The summed E-state index contributed by atoms with van der Waals surface area (Å²) in [7, 11) is 1.64. The van der Waals surface area contributed by atoms with E-state index in [4.69, 9.17) is 26.1 Å². The van der Waals surface area contributed by atoms with Gasteiger partial charge >= 0.3 is 0 Å². The summed E-state index contributed by atoms with van der Waals surface area (Å²) in [6.45, 7) is 3.19. The first-order chi connectivity index (χ1) is 15.7. The molecule has 1 N–H and O–H groups in total. The lowest BCUT2D eigenvalue weighted by atomic mass is 10.0. The van der Waals surface area contributed by atoms with Gasteiger partial charge in [-0.3, -0.25) is 0 Å². The molecule has 1 aromatic carbocycles. The van der Waals surface area contributed by atoms with Crippen molar-refractivity contribution >= 4 is 34.7 Å². The molecule has 0 amide bonds. The van der Waals surface area contributed by atoms with Crippen molar-refractivity contribution in [3.05, 3.63) is 53.8 Å². The third-order valence-corrected chi connectivity index (χ3v) is 6.08. The maximum Gasteiger partial charge on any atom is 0.225 e. The lowest BCUT2D eigenvalue weighted by Gasteiger charge is -2.34. The minimum atomic E-state index is 0.307. The van der Waals surface area contributed by atoms with Crippen LogP contribution in [0.4, 0.5) is 23.1 Å². The molecule has 1 saturated heterocycles. The Kier molecular flexibility index (Phi) is 5.85. The van der Waals surface area contributed by atoms with Gasteiger partial charge in [-0.25, -0.2) is 9.97 Å². The van der Waals surface area contributed by atoms with E-state index in [1.165, 1.54) is 0 Å². The predicted molar refractivity (Wildman–Crippen MR) is 126 cm³/mol. The summed E-state index contributed by atoms with van der Waals surface area (Å²) in [5.41, 5.74) is 2.17. The van der Waals surface area contributed by atoms with Crippen LogP contribution in [0, 0.1) is 0 Å². The fourth-order valence-corrected chi connectivity index (χ4v) is 4.25. The Morgan fingerprint density at radius 3 is 2.66 bits per heavy atom. The summed E-state index contributed by atoms with van der Waals surface area (Å²) in [4.78, 5) is 18.0. The molecule has 2 aliphatic heterocycles. The van der Waals surface area contributed by atoms with Crippen LogP contribution in [0.2, 0.25) is 5.02 Å². The molecule has 0 saturated carbocycles. The molecule has 8 nitrogen and oxygen atoms in total. The van der Waals surface area contributed by atoms with Gasteiger partial charge in [-0.05, 0) is 43.2 Å². The molecule has 0 spiro atoms. The van der Waals surface area contributed by atoms with Crippen molar-refractivity contribution in [2.75, 3.05) is 48.5 Å². The lowest BCUT2D eigenvalue weighted by Crippen LogP contribution is -2.39. The van der Waals surface area contributed by atoms with E-state index in [1.807, 2.05) is 36.4 Å². The maximum atomic E-state index is 6.06. The molecular formula is C23H25ClN6O2. The number of aromatic nitrogens is 3. The second-order valence-corrected chi connectivity index (χ2v) is 8.26. The van der Waals surface area contributed by atoms with Crippen molar-refractivity contribution in [3.8, 4) is 11.6 Å². The number of nitrogens with zero attached hydrogens (tertiary/aromatic N) is 5. The number of pyridine rings is 1.